The Morgan fingerprint density at radius 2 is 2.10 bits per heavy atom. The fourth-order valence-corrected chi connectivity index (χ4v) is 1.01. The Labute approximate surface area is 64.5 Å². The SMILES string of the molecule is CC(N)SC[C@H](N)C(N)=O. The molecule has 0 rings (SSSR count). The number of hydrogen-bond donors (Lipinski definition) is 3. The summed E-state index contributed by atoms with van der Waals surface area (Å²) in [5.74, 6) is 0.0145. The molecule has 6 N–H and O–H groups in total. The molecule has 0 aliphatic heterocycles. The Morgan fingerprint density at radius 3 is 2.40 bits per heavy atom. The molecule has 0 aromatic heterocycles. The minimum atomic E-state index is -0.573. The van der Waals surface area contributed by atoms with E-state index < -0.39 is 11.9 Å². The van der Waals surface area contributed by atoms with E-state index in [0.29, 0.717) is 5.75 Å². The van der Waals surface area contributed by atoms with Crippen LogP contribution in [0, 0.1) is 0 Å². The molecule has 0 saturated heterocycles. The zero-order chi connectivity index (χ0) is 8.15. The molecule has 0 saturated carbocycles. The molecule has 0 aliphatic rings. The van der Waals surface area contributed by atoms with Crippen molar-refractivity contribution in [2.45, 2.75) is 18.3 Å². The van der Waals surface area contributed by atoms with Gasteiger partial charge < -0.3 is 17.2 Å². The fourth-order valence-electron chi connectivity index (χ4n) is 0.338. The summed E-state index contributed by atoms with van der Waals surface area (Å²) in [6.45, 7) is 1.83. The summed E-state index contributed by atoms with van der Waals surface area (Å²) >= 11 is 1.42. The van der Waals surface area contributed by atoms with Crippen molar-refractivity contribution < 1.29 is 4.79 Å². The van der Waals surface area contributed by atoms with Gasteiger partial charge in [0.15, 0.2) is 0 Å². The number of carbonyl (C=O) groups is 1. The number of thioether (sulfide) groups is 1. The zero-order valence-electron chi connectivity index (χ0n) is 5.91. The first-order valence-electron chi connectivity index (χ1n) is 2.96. The number of primary amides is 1. The molecular formula is C5H13N3OS. The highest BCUT2D eigenvalue weighted by atomic mass is 32.2. The van der Waals surface area contributed by atoms with Gasteiger partial charge in [-0.3, -0.25) is 4.79 Å². The highest BCUT2D eigenvalue weighted by molar-refractivity contribution is 7.99. The molecule has 60 valence electrons. The Balaban J connectivity index is 3.40. The van der Waals surface area contributed by atoms with Crippen LogP contribution in [0.5, 0.6) is 0 Å². The van der Waals surface area contributed by atoms with Crippen LogP contribution in [0.3, 0.4) is 0 Å². The van der Waals surface area contributed by atoms with Crippen LogP contribution in [-0.4, -0.2) is 23.1 Å². The van der Waals surface area contributed by atoms with Crippen LogP contribution in [0.4, 0.5) is 0 Å². The maximum atomic E-state index is 10.4. The highest BCUT2D eigenvalue weighted by Gasteiger charge is 2.09. The molecule has 1 unspecified atom stereocenters. The quantitative estimate of drug-likeness (QED) is 0.455. The molecule has 1 amide bonds. The van der Waals surface area contributed by atoms with E-state index in [0.717, 1.165) is 0 Å². The van der Waals surface area contributed by atoms with Gasteiger partial charge in [0.2, 0.25) is 5.91 Å². The molecule has 0 aromatic rings. The smallest absolute Gasteiger partial charge is 0.235 e. The molecule has 2 atom stereocenters. The number of hydrogen-bond acceptors (Lipinski definition) is 4. The average molecular weight is 163 g/mol. The van der Waals surface area contributed by atoms with Gasteiger partial charge in [0.1, 0.15) is 0 Å². The molecule has 0 bridgehead atoms. The summed E-state index contributed by atoms with van der Waals surface area (Å²) in [4.78, 5) is 10.4. The molecular weight excluding hydrogens is 150 g/mol. The summed E-state index contributed by atoms with van der Waals surface area (Å²) in [5.41, 5.74) is 15.6. The van der Waals surface area contributed by atoms with Gasteiger partial charge in [-0.15, -0.1) is 11.8 Å². The maximum absolute atomic E-state index is 10.4. The first-order chi connectivity index (χ1) is 4.54. The van der Waals surface area contributed by atoms with Gasteiger partial charge in [-0.05, 0) is 6.92 Å². The van der Waals surface area contributed by atoms with Crippen molar-refractivity contribution in [1.29, 1.82) is 0 Å². The standard InChI is InChI=1S/C5H13N3OS/c1-3(6)10-2-4(7)5(8)9/h3-4H,2,6-7H2,1H3,(H2,8,9)/t3?,4-/m0/s1. The van der Waals surface area contributed by atoms with Crippen molar-refractivity contribution in [3.05, 3.63) is 0 Å². The first-order valence-corrected chi connectivity index (χ1v) is 4.01. The van der Waals surface area contributed by atoms with E-state index in [1.54, 1.807) is 0 Å². The molecule has 0 fully saturated rings. The second kappa shape index (κ2) is 4.54. The Morgan fingerprint density at radius 1 is 1.60 bits per heavy atom. The van der Waals surface area contributed by atoms with Crippen LogP contribution in [0.1, 0.15) is 6.92 Å². The third-order valence-corrected chi connectivity index (χ3v) is 1.98. The number of carbonyl (C=O) groups excluding carboxylic acids is 1. The molecule has 0 radical (unpaired) electrons. The van der Waals surface area contributed by atoms with E-state index >= 15 is 0 Å². The molecule has 0 aromatic carbocycles. The van der Waals surface area contributed by atoms with Gasteiger partial charge in [-0.25, -0.2) is 0 Å². The Hall–Kier alpha value is -0.260. The van der Waals surface area contributed by atoms with Gasteiger partial charge in [-0.2, -0.15) is 0 Å². The molecule has 10 heavy (non-hydrogen) atoms. The van der Waals surface area contributed by atoms with Gasteiger partial charge >= 0.3 is 0 Å². The van der Waals surface area contributed by atoms with Crippen LogP contribution >= 0.6 is 11.8 Å². The number of nitrogens with two attached hydrogens (primary N) is 3. The van der Waals surface area contributed by atoms with Crippen LogP contribution in [0.25, 0.3) is 0 Å². The largest absolute Gasteiger partial charge is 0.368 e. The van der Waals surface area contributed by atoms with Crippen molar-refractivity contribution >= 4 is 17.7 Å². The van der Waals surface area contributed by atoms with Crippen molar-refractivity contribution in [1.82, 2.24) is 0 Å². The summed E-state index contributed by atoms with van der Waals surface area (Å²) < 4.78 is 0. The highest BCUT2D eigenvalue weighted by Crippen LogP contribution is 2.04. The third kappa shape index (κ3) is 4.60. The van der Waals surface area contributed by atoms with E-state index in [4.69, 9.17) is 17.2 Å². The monoisotopic (exact) mass is 163 g/mol. The van der Waals surface area contributed by atoms with E-state index in [1.807, 2.05) is 6.92 Å². The lowest BCUT2D eigenvalue weighted by Gasteiger charge is -2.08. The lowest BCUT2D eigenvalue weighted by molar-refractivity contribution is -0.118. The molecule has 5 heteroatoms. The summed E-state index contributed by atoms with van der Waals surface area (Å²) in [7, 11) is 0. The maximum Gasteiger partial charge on any atom is 0.235 e. The predicted molar refractivity (Wildman–Crippen MR) is 43.3 cm³/mol. The summed E-state index contributed by atoms with van der Waals surface area (Å²) in [6.07, 6.45) is 0. The van der Waals surface area contributed by atoms with Crippen molar-refractivity contribution in [2.75, 3.05) is 5.75 Å². The van der Waals surface area contributed by atoms with Crippen LogP contribution in [-0.2, 0) is 4.79 Å². The van der Waals surface area contributed by atoms with E-state index in [9.17, 15) is 4.79 Å². The van der Waals surface area contributed by atoms with Crippen LogP contribution < -0.4 is 17.2 Å². The van der Waals surface area contributed by atoms with E-state index in [2.05, 4.69) is 0 Å². The lowest BCUT2D eigenvalue weighted by atomic mass is 10.3. The van der Waals surface area contributed by atoms with Gasteiger partial charge in [0, 0.05) is 11.1 Å². The Kier molecular flexibility index (Phi) is 4.42. The topological polar surface area (TPSA) is 95.1 Å². The average Bonchev–Trinajstić information content (AvgIpc) is 1.82. The van der Waals surface area contributed by atoms with Crippen molar-refractivity contribution in [3.8, 4) is 0 Å². The summed E-state index contributed by atoms with van der Waals surface area (Å²) in [5, 5.41) is 0.00500. The third-order valence-electron chi connectivity index (χ3n) is 0.904. The van der Waals surface area contributed by atoms with Crippen LogP contribution in [0.2, 0.25) is 0 Å². The molecule has 0 aliphatic carbocycles. The minimum absolute atomic E-state index is 0.00500. The number of amides is 1. The first kappa shape index (κ1) is 9.74. The van der Waals surface area contributed by atoms with Gasteiger partial charge in [-0.1, -0.05) is 0 Å². The molecule has 0 heterocycles. The lowest BCUT2D eigenvalue weighted by Crippen LogP contribution is -2.39. The fraction of sp³-hybridized carbons (Fsp3) is 0.800. The van der Waals surface area contributed by atoms with Crippen molar-refractivity contribution in [2.24, 2.45) is 17.2 Å². The van der Waals surface area contributed by atoms with Crippen molar-refractivity contribution in [3.63, 3.8) is 0 Å². The second-order valence-electron chi connectivity index (χ2n) is 2.05. The predicted octanol–water partition coefficient (Wildman–Crippen LogP) is -1.16. The van der Waals surface area contributed by atoms with Gasteiger partial charge in [0.25, 0.3) is 0 Å². The summed E-state index contributed by atoms with van der Waals surface area (Å²) in [6, 6.07) is -0.573. The normalized spacial score (nSPS) is 16.3. The number of rotatable bonds is 4. The zero-order valence-corrected chi connectivity index (χ0v) is 6.73. The van der Waals surface area contributed by atoms with Crippen LogP contribution in [0.15, 0.2) is 0 Å². The molecule has 0 spiro atoms. The minimum Gasteiger partial charge on any atom is -0.368 e. The second-order valence-corrected chi connectivity index (χ2v) is 3.46. The van der Waals surface area contributed by atoms with Gasteiger partial charge in [0.05, 0.1) is 6.04 Å². The Bertz CT molecular complexity index is 117. The molecule has 4 nitrogen and oxygen atoms in total. The van der Waals surface area contributed by atoms with E-state index in [-0.39, 0.29) is 5.37 Å². The van der Waals surface area contributed by atoms with E-state index in [1.165, 1.54) is 11.8 Å².